The number of nitrogens with zero attached hydrogens (tertiary/aromatic N) is 2. The minimum Gasteiger partial charge on any atom is -0.464 e. The molecular weight excluding hydrogens is 345 g/mol. The van der Waals surface area contributed by atoms with Crippen LogP contribution in [-0.4, -0.2) is 23.7 Å². The van der Waals surface area contributed by atoms with Gasteiger partial charge in [0.05, 0.1) is 7.11 Å². The summed E-state index contributed by atoms with van der Waals surface area (Å²) in [4.78, 5) is 16.9. The van der Waals surface area contributed by atoms with E-state index in [1.54, 1.807) is 0 Å². The lowest BCUT2D eigenvalue weighted by molar-refractivity contribution is -0.132. The third-order valence-electron chi connectivity index (χ3n) is 4.28. The molecule has 0 amide bonds. The number of allylic oxidation sites excluding steroid dienone is 2. The van der Waals surface area contributed by atoms with E-state index in [1.165, 1.54) is 31.1 Å². The van der Waals surface area contributed by atoms with Gasteiger partial charge in [-0.1, -0.05) is 6.58 Å². The van der Waals surface area contributed by atoms with Crippen molar-refractivity contribution < 1.29 is 22.7 Å². The van der Waals surface area contributed by atoms with E-state index in [-0.39, 0.29) is 28.6 Å². The second-order valence-corrected chi connectivity index (χ2v) is 6.12. The second kappa shape index (κ2) is 6.82. The molecule has 1 fully saturated rings. The van der Waals surface area contributed by atoms with E-state index in [0.29, 0.717) is 11.8 Å². The van der Waals surface area contributed by atoms with Gasteiger partial charge in [0.25, 0.3) is 0 Å². The number of aliphatic imine (C=N–C) groups is 1. The van der Waals surface area contributed by atoms with E-state index >= 15 is 4.39 Å². The molecule has 0 unspecified atom stereocenters. The van der Waals surface area contributed by atoms with Crippen molar-refractivity contribution >= 4 is 17.3 Å². The van der Waals surface area contributed by atoms with Crippen molar-refractivity contribution in [2.24, 2.45) is 10.9 Å². The number of benzene rings is 1. The first kappa shape index (κ1) is 18.0. The Kier molecular flexibility index (Phi) is 4.71. The Morgan fingerprint density at radius 2 is 2.04 bits per heavy atom. The monoisotopic (exact) mass is 362 g/mol. The van der Waals surface area contributed by atoms with Crippen LogP contribution in [0.2, 0.25) is 0 Å². The van der Waals surface area contributed by atoms with E-state index < -0.39 is 23.6 Å². The Bertz CT molecular complexity index is 883. The fourth-order valence-electron chi connectivity index (χ4n) is 2.76. The zero-order valence-corrected chi connectivity index (χ0v) is 14.4. The number of ether oxygens (including phenoxy) is 1. The van der Waals surface area contributed by atoms with Gasteiger partial charge >= 0.3 is 5.97 Å². The molecule has 7 heteroatoms. The summed E-state index contributed by atoms with van der Waals surface area (Å²) in [5, 5.41) is 0. The maximum atomic E-state index is 15.2. The van der Waals surface area contributed by atoms with Crippen LogP contribution in [0.1, 0.15) is 25.3 Å². The lowest BCUT2D eigenvalue weighted by Crippen LogP contribution is -2.28. The molecule has 2 aliphatic rings. The molecule has 1 aliphatic carbocycles. The maximum Gasteiger partial charge on any atom is 0.356 e. The first-order chi connectivity index (χ1) is 12.3. The lowest BCUT2D eigenvalue weighted by atomic mass is 10.1. The van der Waals surface area contributed by atoms with Crippen molar-refractivity contribution in [2.75, 3.05) is 7.11 Å². The molecule has 0 bridgehead atoms. The third kappa shape index (κ3) is 3.29. The molecule has 26 heavy (non-hydrogen) atoms. The number of halogens is 3. The molecule has 136 valence electrons. The average molecular weight is 362 g/mol. The van der Waals surface area contributed by atoms with Crippen molar-refractivity contribution in [2.45, 2.75) is 19.8 Å². The van der Waals surface area contributed by atoms with Crippen molar-refractivity contribution in [3.05, 3.63) is 65.5 Å². The molecule has 0 saturated heterocycles. The summed E-state index contributed by atoms with van der Waals surface area (Å²) in [5.74, 6) is -2.97. The fraction of sp³-hybridized carbons (Fsp3) is 0.263. The largest absolute Gasteiger partial charge is 0.464 e. The molecular formula is C19H17F3N2O2. The molecule has 1 aromatic carbocycles. The zero-order valence-electron chi connectivity index (χ0n) is 14.4. The lowest BCUT2D eigenvalue weighted by Gasteiger charge is -2.29. The van der Waals surface area contributed by atoms with E-state index in [0.717, 1.165) is 18.9 Å². The first-order valence-electron chi connectivity index (χ1n) is 8.03. The van der Waals surface area contributed by atoms with Gasteiger partial charge in [-0.25, -0.2) is 18.6 Å². The third-order valence-corrected chi connectivity index (χ3v) is 4.28. The van der Waals surface area contributed by atoms with Gasteiger partial charge in [0.15, 0.2) is 5.71 Å². The number of carbonyl (C=O) groups is 1. The van der Waals surface area contributed by atoms with Gasteiger partial charge in [-0.3, -0.25) is 4.90 Å². The number of hydrogen-bond donors (Lipinski definition) is 0. The summed E-state index contributed by atoms with van der Waals surface area (Å²) in [6.07, 6.45) is 3.13. The van der Waals surface area contributed by atoms with Crippen LogP contribution >= 0.6 is 0 Å². The van der Waals surface area contributed by atoms with Crippen molar-refractivity contribution in [1.82, 2.24) is 4.90 Å². The van der Waals surface area contributed by atoms with Gasteiger partial charge in [0.1, 0.15) is 17.5 Å². The van der Waals surface area contributed by atoms with Crippen LogP contribution in [0.3, 0.4) is 0 Å². The summed E-state index contributed by atoms with van der Waals surface area (Å²) in [6.45, 7) is 5.11. The van der Waals surface area contributed by atoms with Gasteiger partial charge in [-0.2, -0.15) is 4.39 Å². The molecule has 3 rings (SSSR count). The topological polar surface area (TPSA) is 41.9 Å². The van der Waals surface area contributed by atoms with Crippen molar-refractivity contribution in [3.8, 4) is 0 Å². The Balaban J connectivity index is 2.04. The number of hydrogen-bond acceptors (Lipinski definition) is 4. The summed E-state index contributed by atoms with van der Waals surface area (Å²) in [5.41, 5.74) is 0.473. The maximum absolute atomic E-state index is 15.2. The van der Waals surface area contributed by atoms with Gasteiger partial charge in [0, 0.05) is 22.9 Å². The van der Waals surface area contributed by atoms with Crippen LogP contribution in [0.4, 0.5) is 13.2 Å². The Morgan fingerprint density at radius 3 is 2.62 bits per heavy atom. The SMILES string of the molecule is C=C1N=C(C(=O)OC)C=C(C2CC2)N1/C(F)=C(\C)c1ccc(F)cc1F. The molecule has 0 atom stereocenters. The van der Waals surface area contributed by atoms with Crippen molar-refractivity contribution in [3.63, 3.8) is 0 Å². The number of esters is 1. The van der Waals surface area contributed by atoms with Crippen LogP contribution < -0.4 is 0 Å². The quantitative estimate of drug-likeness (QED) is 0.592. The highest BCUT2D eigenvalue weighted by atomic mass is 19.1. The molecule has 0 N–H and O–H groups in total. The van der Waals surface area contributed by atoms with E-state index in [4.69, 9.17) is 0 Å². The summed E-state index contributed by atoms with van der Waals surface area (Å²) >= 11 is 0. The van der Waals surface area contributed by atoms with Crippen LogP contribution in [0.15, 0.2) is 53.3 Å². The minimum atomic E-state index is -0.865. The molecule has 0 radical (unpaired) electrons. The fourth-order valence-corrected chi connectivity index (χ4v) is 2.76. The molecule has 4 nitrogen and oxygen atoms in total. The predicted octanol–water partition coefficient (Wildman–Crippen LogP) is 4.32. The summed E-state index contributed by atoms with van der Waals surface area (Å²) in [6, 6.07) is 2.93. The van der Waals surface area contributed by atoms with E-state index in [9.17, 15) is 13.6 Å². The highest BCUT2D eigenvalue weighted by molar-refractivity contribution is 6.41. The van der Waals surface area contributed by atoms with Crippen LogP contribution in [0.25, 0.3) is 5.57 Å². The molecule has 1 heterocycles. The molecule has 1 saturated carbocycles. The molecule has 1 aromatic rings. The summed E-state index contributed by atoms with van der Waals surface area (Å²) < 4.78 is 47.0. The Morgan fingerprint density at radius 1 is 1.35 bits per heavy atom. The zero-order chi connectivity index (χ0) is 19.0. The van der Waals surface area contributed by atoms with E-state index in [1.807, 2.05) is 0 Å². The first-order valence-corrected chi connectivity index (χ1v) is 8.03. The van der Waals surface area contributed by atoms with Crippen LogP contribution in [-0.2, 0) is 9.53 Å². The molecule has 0 spiro atoms. The van der Waals surface area contributed by atoms with Crippen molar-refractivity contribution in [1.29, 1.82) is 0 Å². The summed E-state index contributed by atoms with van der Waals surface area (Å²) in [7, 11) is 1.23. The number of rotatable bonds is 4. The molecule has 0 aromatic heterocycles. The Hall–Kier alpha value is -2.83. The minimum absolute atomic E-state index is 0.00540. The average Bonchev–Trinajstić information content (AvgIpc) is 3.44. The van der Waals surface area contributed by atoms with Gasteiger partial charge < -0.3 is 4.74 Å². The van der Waals surface area contributed by atoms with Gasteiger partial charge in [-0.15, -0.1) is 0 Å². The van der Waals surface area contributed by atoms with E-state index in [2.05, 4.69) is 16.3 Å². The highest BCUT2D eigenvalue weighted by Gasteiger charge is 2.36. The second-order valence-electron chi connectivity index (χ2n) is 6.12. The number of carbonyl (C=O) groups excluding carboxylic acids is 1. The van der Waals surface area contributed by atoms with Crippen LogP contribution in [0, 0.1) is 17.6 Å². The highest BCUT2D eigenvalue weighted by Crippen LogP contribution is 2.43. The van der Waals surface area contributed by atoms with Gasteiger partial charge in [0.2, 0.25) is 5.95 Å². The smallest absolute Gasteiger partial charge is 0.356 e. The van der Waals surface area contributed by atoms with Gasteiger partial charge in [-0.05, 0) is 43.9 Å². The number of methoxy groups -OCH3 is 1. The predicted molar refractivity (Wildman–Crippen MR) is 91.3 cm³/mol. The Labute approximate surface area is 149 Å². The molecule has 1 aliphatic heterocycles. The van der Waals surface area contributed by atoms with Crippen LogP contribution in [0.5, 0.6) is 0 Å². The standard InChI is InChI=1S/C19H17F3N2O2/c1-10(14-7-6-13(20)8-15(14)21)18(22)24-11(2)23-16(19(25)26-3)9-17(24)12-4-5-12/h6-9,12H,2,4-5H2,1,3H3/b18-10+. The normalized spacial score (nSPS) is 18.2.